The van der Waals surface area contributed by atoms with Crippen molar-refractivity contribution in [2.24, 2.45) is 4.99 Å². The van der Waals surface area contributed by atoms with E-state index in [9.17, 15) is 5.11 Å². The van der Waals surface area contributed by atoms with E-state index in [1.807, 2.05) is 6.21 Å². The van der Waals surface area contributed by atoms with E-state index in [1.165, 1.54) is 16.8 Å². The maximum atomic E-state index is 9.35. The molecule has 0 bridgehead atoms. The molecular weight excluding hydrogens is 308 g/mol. The van der Waals surface area contributed by atoms with E-state index in [-0.39, 0.29) is 11.3 Å². The molecule has 0 radical (unpaired) electrons. The number of nitrogens with zero attached hydrogens (tertiary/aromatic N) is 2. The van der Waals surface area contributed by atoms with Gasteiger partial charge in [0.25, 0.3) is 0 Å². The van der Waals surface area contributed by atoms with Gasteiger partial charge in [-0.05, 0) is 74.7 Å². The summed E-state index contributed by atoms with van der Waals surface area (Å²) in [5, 5.41) is 9.35. The lowest BCUT2D eigenvalue weighted by molar-refractivity contribution is 0.475. The van der Waals surface area contributed by atoms with Gasteiger partial charge in [0.1, 0.15) is 5.75 Å². The first kappa shape index (κ1) is 17.3. The van der Waals surface area contributed by atoms with Crippen LogP contribution in [-0.4, -0.2) is 23.4 Å². The first-order chi connectivity index (χ1) is 11.9. The zero-order chi connectivity index (χ0) is 18.0. The molecule has 1 aliphatic rings. The number of hydrogen-bond donors (Lipinski definition) is 1. The Hall–Kier alpha value is -2.55. The zero-order valence-corrected chi connectivity index (χ0v) is 15.5. The van der Waals surface area contributed by atoms with Gasteiger partial charge >= 0.3 is 0 Å². The molecule has 0 aromatic heterocycles. The predicted octanol–water partition coefficient (Wildman–Crippen LogP) is 5.55. The molecule has 0 saturated heterocycles. The largest absolute Gasteiger partial charge is 0.508 e. The highest BCUT2D eigenvalue weighted by Gasteiger charge is 2.30. The molecule has 3 heteroatoms. The molecule has 25 heavy (non-hydrogen) atoms. The summed E-state index contributed by atoms with van der Waals surface area (Å²) in [5.41, 5.74) is 5.84. The predicted molar refractivity (Wildman–Crippen MR) is 107 cm³/mol. The van der Waals surface area contributed by atoms with E-state index in [0.717, 1.165) is 24.2 Å². The quantitative estimate of drug-likeness (QED) is 0.744. The van der Waals surface area contributed by atoms with Gasteiger partial charge in [-0.2, -0.15) is 0 Å². The van der Waals surface area contributed by atoms with Crippen LogP contribution in [-0.2, 0) is 0 Å². The highest BCUT2D eigenvalue weighted by atomic mass is 16.3. The molecule has 0 fully saturated rings. The molecule has 0 unspecified atom stereocenters. The van der Waals surface area contributed by atoms with Crippen molar-refractivity contribution in [3.8, 4) is 5.75 Å². The van der Waals surface area contributed by atoms with Crippen LogP contribution >= 0.6 is 0 Å². The Kier molecular flexibility index (Phi) is 4.67. The fourth-order valence-corrected chi connectivity index (χ4v) is 3.50. The van der Waals surface area contributed by atoms with Crippen molar-refractivity contribution >= 4 is 23.2 Å². The van der Waals surface area contributed by atoms with Crippen molar-refractivity contribution in [1.29, 1.82) is 0 Å². The molecule has 3 rings (SSSR count). The maximum absolute atomic E-state index is 9.35. The lowest BCUT2D eigenvalue weighted by atomic mass is 9.88. The van der Waals surface area contributed by atoms with Crippen LogP contribution in [0.25, 0.3) is 5.57 Å². The number of aliphatic imine (C=N–C) groups is 1. The van der Waals surface area contributed by atoms with Gasteiger partial charge in [0, 0.05) is 24.0 Å². The highest BCUT2D eigenvalue weighted by molar-refractivity contribution is 5.88. The van der Waals surface area contributed by atoms with Gasteiger partial charge < -0.3 is 10.0 Å². The first-order valence-electron chi connectivity index (χ1n) is 8.85. The number of rotatable bonds is 4. The summed E-state index contributed by atoms with van der Waals surface area (Å²) in [6.45, 7) is 10.00. The van der Waals surface area contributed by atoms with Crippen molar-refractivity contribution in [2.45, 2.75) is 39.7 Å². The van der Waals surface area contributed by atoms with Crippen LogP contribution < -0.4 is 4.90 Å². The van der Waals surface area contributed by atoms with E-state index in [4.69, 9.17) is 0 Å². The summed E-state index contributed by atoms with van der Waals surface area (Å²) in [6, 6.07) is 13.5. The van der Waals surface area contributed by atoms with Crippen molar-refractivity contribution in [2.75, 3.05) is 11.4 Å². The average Bonchev–Trinajstić information content (AvgIpc) is 2.58. The average molecular weight is 334 g/mol. The number of benzene rings is 2. The minimum absolute atomic E-state index is 0.0364. The smallest absolute Gasteiger partial charge is 0.115 e. The number of anilines is 1. The summed E-state index contributed by atoms with van der Waals surface area (Å²) in [5.74, 6) is 0.257. The Bertz CT molecular complexity index is 816. The third kappa shape index (κ3) is 3.60. The molecule has 1 N–H and O–H groups in total. The van der Waals surface area contributed by atoms with Crippen molar-refractivity contribution < 1.29 is 5.11 Å². The van der Waals surface area contributed by atoms with Gasteiger partial charge in [-0.25, -0.2) is 0 Å². The molecule has 1 aliphatic heterocycles. The molecule has 2 aromatic carbocycles. The molecule has 0 atom stereocenters. The topological polar surface area (TPSA) is 35.8 Å². The van der Waals surface area contributed by atoms with Gasteiger partial charge in [-0.15, -0.1) is 0 Å². The Balaban J connectivity index is 1.93. The van der Waals surface area contributed by atoms with Crippen LogP contribution in [0.2, 0.25) is 0 Å². The third-order valence-electron chi connectivity index (χ3n) is 4.66. The van der Waals surface area contributed by atoms with Gasteiger partial charge in [-0.3, -0.25) is 4.99 Å². The Morgan fingerprint density at radius 2 is 1.84 bits per heavy atom. The summed E-state index contributed by atoms with van der Waals surface area (Å²) in [7, 11) is 0. The molecule has 0 spiro atoms. The van der Waals surface area contributed by atoms with Crippen LogP contribution in [0, 0.1) is 0 Å². The maximum Gasteiger partial charge on any atom is 0.115 e. The Morgan fingerprint density at radius 3 is 2.52 bits per heavy atom. The lowest BCUT2D eigenvalue weighted by Gasteiger charge is -2.43. The SMILES string of the molecule is CCCN1c2ccc(C=Nc3ccc(O)cc3)cc2C(C)=CC1(C)C. The number of phenols is 1. The number of phenolic OH excluding ortho intramolecular Hbond substituents is 1. The molecule has 0 amide bonds. The standard InChI is InChI=1S/C22H26N2O/c1-5-12-24-21-11-6-17(13-20(21)16(2)14-22(24,3)4)15-23-18-7-9-19(25)10-8-18/h6-11,13-15,25H,5,12H2,1-4H3. The zero-order valence-electron chi connectivity index (χ0n) is 15.5. The van der Waals surface area contributed by atoms with Crippen molar-refractivity contribution in [3.63, 3.8) is 0 Å². The number of aromatic hydroxyl groups is 1. The summed E-state index contributed by atoms with van der Waals surface area (Å²) < 4.78 is 0. The normalized spacial score (nSPS) is 16.0. The van der Waals surface area contributed by atoms with Gasteiger partial charge in [0.2, 0.25) is 0 Å². The summed E-state index contributed by atoms with van der Waals surface area (Å²) in [4.78, 5) is 6.99. The van der Waals surface area contributed by atoms with Crippen LogP contribution in [0.1, 0.15) is 45.2 Å². The first-order valence-corrected chi connectivity index (χ1v) is 8.85. The monoisotopic (exact) mass is 334 g/mol. The van der Waals surface area contributed by atoms with Gasteiger partial charge in [0.05, 0.1) is 11.2 Å². The second kappa shape index (κ2) is 6.75. The molecule has 0 saturated carbocycles. The molecule has 1 heterocycles. The van der Waals surface area contributed by atoms with Crippen molar-refractivity contribution in [1.82, 2.24) is 0 Å². The molecule has 3 nitrogen and oxygen atoms in total. The number of hydrogen-bond acceptors (Lipinski definition) is 3. The van der Waals surface area contributed by atoms with Crippen molar-refractivity contribution in [3.05, 3.63) is 59.7 Å². The number of allylic oxidation sites excluding steroid dienone is 1. The summed E-state index contributed by atoms with van der Waals surface area (Å²) >= 11 is 0. The van der Waals surface area contributed by atoms with E-state index in [1.54, 1.807) is 24.3 Å². The van der Waals surface area contributed by atoms with Crippen LogP contribution in [0.5, 0.6) is 5.75 Å². The Labute approximate surface area is 150 Å². The fourth-order valence-electron chi connectivity index (χ4n) is 3.50. The molecule has 130 valence electrons. The van der Waals surface area contributed by atoms with E-state index < -0.39 is 0 Å². The summed E-state index contributed by atoms with van der Waals surface area (Å²) in [6.07, 6.45) is 5.36. The van der Waals surface area contributed by atoms with E-state index >= 15 is 0 Å². The van der Waals surface area contributed by atoms with E-state index in [0.29, 0.717) is 0 Å². The second-order valence-corrected chi connectivity index (χ2v) is 7.18. The number of fused-ring (bicyclic) bond motifs is 1. The minimum atomic E-state index is 0.0364. The highest BCUT2D eigenvalue weighted by Crippen LogP contribution is 2.39. The van der Waals surface area contributed by atoms with Crippen LogP contribution in [0.3, 0.4) is 0 Å². The lowest BCUT2D eigenvalue weighted by Crippen LogP contribution is -2.45. The molecule has 0 aliphatic carbocycles. The van der Waals surface area contributed by atoms with Crippen LogP contribution in [0.4, 0.5) is 11.4 Å². The van der Waals surface area contributed by atoms with Gasteiger partial charge in [-0.1, -0.05) is 19.1 Å². The third-order valence-corrected chi connectivity index (χ3v) is 4.66. The van der Waals surface area contributed by atoms with Crippen LogP contribution in [0.15, 0.2) is 53.5 Å². The fraction of sp³-hybridized carbons (Fsp3) is 0.318. The molecule has 2 aromatic rings. The van der Waals surface area contributed by atoms with Gasteiger partial charge in [0.15, 0.2) is 0 Å². The van der Waals surface area contributed by atoms with E-state index in [2.05, 4.69) is 61.9 Å². The second-order valence-electron chi connectivity index (χ2n) is 7.18. The Morgan fingerprint density at radius 1 is 1.12 bits per heavy atom. The minimum Gasteiger partial charge on any atom is -0.508 e. The molecular formula is C22H26N2O.